The van der Waals surface area contributed by atoms with Gasteiger partial charge in [-0.05, 0) is 70.2 Å². The smallest absolute Gasteiger partial charge is 0.225 e. The fourth-order valence-corrected chi connectivity index (χ4v) is 4.17. The fraction of sp³-hybridized carbons (Fsp3) is 0.500. The summed E-state index contributed by atoms with van der Waals surface area (Å²) < 4.78 is 2.18. The van der Waals surface area contributed by atoms with Crippen molar-refractivity contribution in [1.29, 1.82) is 0 Å². The Balaban J connectivity index is 1.57. The third kappa shape index (κ3) is 3.79. The van der Waals surface area contributed by atoms with Gasteiger partial charge in [0.25, 0.3) is 0 Å². The lowest BCUT2D eigenvalue weighted by atomic mass is 9.95. The zero-order valence-corrected chi connectivity index (χ0v) is 16.9. The molecule has 7 nitrogen and oxygen atoms in total. The van der Waals surface area contributed by atoms with Gasteiger partial charge in [0.05, 0.1) is 11.3 Å². The molecule has 1 aromatic carbocycles. The molecule has 3 N–H and O–H groups in total. The molecule has 1 aliphatic carbocycles. The molecule has 0 atom stereocenters. The van der Waals surface area contributed by atoms with Crippen LogP contribution in [-0.2, 0) is 6.54 Å². The molecule has 1 aliphatic heterocycles. The molecule has 29 heavy (non-hydrogen) atoms. The zero-order chi connectivity index (χ0) is 19.8. The lowest BCUT2D eigenvalue weighted by Crippen LogP contribution is -2.28. The second-order valence-electron chi connectivity index (χ2n) is 8.31. The van der Waals surface area contributed by atoms with Crippen LogP contribution < -0.4 is 10.6 Å². The van der Waals surface area contributed by atoms with Gasteiger partial charge in [-0.15, -0.1) is 0 Å². The van der Waals surface area contributed by atoms with Crippen molar-refractivity contribution in [3.63, 3.8) is 0 Å². The summed E-state index contributed by atoms with van der Waals surface area (Å²) >= 11 is 0. The number of imidazole rings is 1. The number of aromatic nitrogens is 4. The van der Waals surface area contributed by atoms with E-state index >= 15 is 0 Å². The molecule has 3 heterocycles. The molecule has 2 aromatic heterocycles. The number of hydrogen-bond acceptors (Lipinski definition) is 6. The molecule has 0 unspecified atom stereocenters. The van der Waals surface area contributed by atoms with Crippen LogP contribution in [0, 0.1) is 12.8 Å². The number of aryl methyl sites for hydroxylation is 2. The first-order valence-electron chi connectivity index (χ1n) is 10.7. The molecule has 7 heteroatoms. The van der Waals surface area contributed by atoms with Gasteiger partial charge in [0, 0.05) is 12.6 Å². The lowest BCUT2D eigenvalue weighted by molar-refractivity contribution is 0.339. The maximum absolute atomic E-state index is 10.5. The van der Waals surface area contributed by atoms with E-state index in [2.05, 4.69) is 20.2 Å². The second kappa shape index (κ2) is 7.63. The number of nitrogens with one attached hydrogen (secondary N) is 2. The number of aromatic hydroxyl groups is 1. The molecule has 152 valence electrons. The van der Waals surface area contributed by atoms with Crippen molar-refractivity contribution >= 4 is 17.1 Å². The van der Waals surface area contributed by atoms with Crippen molar-refractivity contribution in [2.45, 2.75) is 51.6 Å². The minimum Gasteiger partial charge on any atom is -0.507 e. The van der Waals surface area contributed by atoms with Gasteiger partial charge in [0.1, 0.15) is 17.1 Å². The molecule has 0 bridgehead atoms. The topological polar surface area (TPSA) is 87.9 Å². The minimum absolute atomic E-state index is 0.243. The Hall–Kier alpha value is -2.67. The van der Waals surface area contributed by atoms with E-state index in [1.165, 1.54) is 25.7 Å². The number of rotatable bonds is 6. The molecular formula is C22H28N6O. The first kappa shape index (κ1) is 18.4. The van der Waals surface area contributed by atoms with Crippen molar-refractivity contribution in [3.05, 3.63) is 30.0 Å². The summed E-state index contributed by atoms with van der Waals surface area (Å²) in [5.41, 5.74) is 3.28. The van der Waals surface area contributed by atoms with E-state index in [9.17, 15) is 5.11 Å². The van der Waals surface area contributed by atoms with Gasteiger partial charge in [-0.3, -0.25) is 0 Å². The van der Waals surface area contributed by atoms with Gasteiger partial charge < -0.3 is 20.3 Å². The van der Waals surface area contributed by atoms with Crippen LogP contribution >= 0.6 is 0 Å². The van der Waals surface area contributed by atoms with Crippen molar-refractivity contribution in [3.8, 4) is 17.1 Å². The van der Waals surface area contributed by atoms with Crippen LogP contribution in [0.25, 0.3) is 22.6 Å². The highest BCUT2D eigenvalue weighted by Gasteiger charge is 2.24. The number of fused-ring (bicyclic) bond motifs is 1. The van der Waals surface area contributed by atoms with Crippen molar-refractivity contribution in [1.82, 2.24) is 24.8 Å². The van der Waals surface area contributed by atoms with E-state index in [0.717, 1.165) is 54.3 Å². The highest BCUT2D eigenvalue weighted by Crippen LogP contribution is 2.33. The molecule has 3 aromatic rings. The lowest BCUT2D eigenvalue weighted by Gasteiger charge is -2.23. The number of anilines is 1. The molecule has 2 aliphatic rings. The highest BCUT2D eigenvalue weighted by molar-refractivity contribution is 5.81. The quantitative estimate of drug-likeness (QED) is 0.595. The molecule has 1 saturated carbocycles. The van der Waals surface area contributed by atoms with Gasteiger partial charge >= 0.3 is 0 Å². The minimum atomic E-state index is 0.243. The largest absolute Gasteiger partial charge is 0.507 e. The first-order valence-corrected chi connectivity index (χ1v) is 10.7. The summed E-state index contributed by atoms with van der Waals surface area (Å²) in [6.45, 7) is 5.02. The Morgan fingerprint density at radius 2 is 1.90 bits per heavy atom. The third-order valence-corrected chi connectivity index (χ3v) is 6.04. The molecule has 2 fully saturated rings. The summed E-state index contributed by atoms with van der Waals surface area (Å²) in [5.74, 6) is 2.41. The Morgan fingerprint density at radius 3 is 2.66 bits per heavy atom. The van der Waals surface area contributed by atoms with E-state index in [4.69, 9.17) is 9.97 Å². The van der Waals surface area contributed by atoms with Gasteiger partial charge in [0.2, 0.25) is 5.95 Å². The van der Waals surface area contributed by atoms with E-state index in [-0.39, 0.29) is 5.75 Å². The predicted molar refractivity (Wildman–Crippen MR) is 114 cm³/mol. The van der Waals surface area contributed by atoms with Crippen LogP contribution in [0.2, 0.25) is 0 Å². The summed E-state index contributed by atoms with van der Waals surface area (Å²) in [6, 6.07) is 7.90. The predicted octanol–water partition coefficient (Wildman–Crippen LogP) is 3.47. The van der Waals surface area contributed by atoms with Gasteiger partial charge in [-0.1, -0.05) is 12.1 Å². The maximum atomic E-state index is 10.5. The summed E-state index contributed by atoms with van der Waals surface area (Å²) in [7, 11) is 0. The average molecular weight is 393 g/mol. The molecule has 1 saturated heterocycles. The number of phenolic OH excluding ortho intramolecular Hbond substituents is 1. The summed E-state index contributed by atoms with van der Waals surface area (Å²) in [4.78, 5) is 14.4. The average Bonchev–Trinajstić information content (AvgIpc) is 3.46. The van der Waals surface area contributed by atoms with Crippen LogP contribution in [0.1, 0.15) is 37.8 Å². The van der Waals surface area contributed by atoms with Gasteiger partial charge in [-0.25, -0.2) is 9.97 Å². The number of phenols is 1. The van der Waals surface area contributed by atoms with Crippen LogP contribution in [-0.4, -0.2) is 43.8 Å². The number of hydrogen-bond donors (Lipinski definition) is 3. The number of para-hydroxylation sites is 1. The normalized spacial score (nSPS) is 17.7. The maximum Gasteiger partial charge on any atom is 0.225 e. The standard InChI is InChI=1S/C22H28N6O/c1-14-19-21(27-22(24-14)25-16-6-7-16)28(13-10-15-8-11-23-12-9-15)20(26-19)17-4-2-3-5-18(17)29/h2-5,15-16,23,29H,6-13H2,1H3,(H,24,25,27). The Labute approximate surface area is 170 Å². The van der Waals surface area contributed by atoms with E-state index in [1.807, 2.05) is 25.1 Å². The molecular weight excluding hydrogens is 364 g/mol. The van der Waals surface area contributed by atoms with Crippen molar-refractivity contribution in [2.24, 2.45) is 5.92 Å². The van der Waals surface area contributed by atoms with Crippen LogP contribution in [0.4, 0.5) is 5.95 Å². The van der Waals surface area contributed by atoms with Gasteiger partial charge in [-0.2, -0.15) is 4.98 Å². The Bertz CT molecular complexity index is 1020. The SMILES string of the molecule is Cc1nc(NC2CC2)nc2c1nc(-c1ccccc1O)n2CCC1CCNCC1. The number of benzene rings is 1. The second-order valence-corrected chi connectivity index (χ2v) is 8.31. The van der Waals surface area contributed by atoms with Crippen LogP contribution in [0.5, 0.6) is 5.75 Å². The molecule has 0 spiro atoms. The molecule has 5 rings (SSSR count). The third-order valence-electron chi connectivity index (χ3n) is 6.04. The van der Waals surface area contributed by atoms with E-state index in [0.29, 0.717) is 17.9 Å². The Morgan fingerprint density at radius 1 is 1.10 bits per heavy atom. The van der Waals surface area contributed by atoms with E-state index in [1.54, 1.807) is 6.07 Å². The zero-order valence-electron chi connectivity index (χ0n) is 16.9. The fourth-order valence-electron chi connectivity index (χ4n) is 4.17. The summed E-state index contributed by atoms with van der Waals surface area (Å²) in [5, 5.41) is 17.3. The summed E-state index contributed by atoms with van der Waals surface area (Å²) in [6.07, 6.45) is 5.86. The monoisotopic (exact) mass is 392 g/mol. The Kier molecular flexibility index (Phi) is 4.83. The van der Waals surface area contributed by atoms with Crippen LogP contribution in [0.3, 0.4) is 0 Å². The first-order chi connectivity index (χ1) is 14.2. The van der Waals surface area contributed by atoms with Crippen molar-refractivity contribution in [2.75, 3.05) is 18.4 Å². The van der Waals surface area contributed by atoms with E-state index < -0.39 is 0 Å². The van der Waals surface area contributed by atoms with Gasteiger partial charge in [0.15, 0.2) is 5.65 Å². The number of nitrogens with zero attached hydrogens (tertiary/aromatic N) is 4. The molecule has 0 amide bonds. The molecule has 0 radical (unpaired) electrons. The van der Waals surface area contributed by atoms with Crippen LogP contribution in [0.15, 0.2) is 24.3 Å². The number of piperidine rings is 1. The van der Waals surface area contributed by atoms with Crippen molar-refractivity contribution < 1.29 is 5.11 Å². The highest BCUT2D eigenvalue weighted by atomic mass is 16.3.